The van der Waals surface area contributed by atoms with Crippen molar-refractivity contribution in [2.45, 2.75) is 6.18 Å². The molecule has 1 heterocycles. The highest BCUT2D eigenvalue weighted by Gasteiger charge is 2.30. The number of anilines is 2. The van der Waals surface area contributed by atoms with E-state index >= 15 is 0 Å². The predicted molar refractivity (Wildman–Crippen MR) is 69.0 cm³/mol. The van der Waals surface area contributed by atoms with E-state index < -0.39 is 11.7 Å². The van der Waals surface area contributed by atoms with Gasteiger partial charge in [-0.05, 0) is 12.1 Å². The summed E-state index contributed by atoms with van der Waals surface area (Å²) in [6.07, 6.45) is -4.37. The lowest BCUT2D eigenvalue weighted by molar-refractivity contribution is -0.137. The summed E-state index contributed by atoms with van der Waals surface area (Å²) < 4.78 is 37.5. The molecule has 2 N–H and O–H groups in total. The van der Waals surface area contributed by atoms with E-state index in [1.54, 1.807) is 19.0 Å². The highest BCUT2D eigenvalue weighted by Crippen LogP contribution is 2.30. The zero-order chi connectivity index (χ0) is 14.9. The Morgan fingerprint density at radius 3 is 2.10 bits per heavy atom. The number of halogens is 3. The zero-order valence-corrected chi connectivity index (χ0v) is 10.8. The molecule has 5 nitrogen and oxygen atoms in total. The van der Waals surface area contributed by atoms with E-state index in [0.717, 1.165) is 12.1 Å². The van der Waals surface area contributed by atoms with Crippen molar-refractivity contribution in [1.29, 1.82) is 0 Å². The van der Waals surface area contributed by atoms with E-state index in [4.69, 9.17) is 5.73 Å². The van der Waals surface area contributed by atoms with Gasteiger partial charge in [-0.15, -0.1) is 0 Å². The molecule has 1 aromatic carbocycles. The van der Waals surface area contributed by atoms with Crippen LogP contribution >= 0.6 is 0 Å². The lowest BCUT2D eigenvalue weighted by Gasteiger charge is -2.12. The first-order valence-corrected chi connectivity index (χ1v) is 5.64. The number of rotatable bonds is 2. The van der Waals surface area contributed by atoms with E-state index in [2.05, 4.69) is 15.0 Å². The smallest absolute Gasteiger partial charge is 0.368 e. The molecule has 8 heteroatoms. The Hall–Kier alpha value is -2.38. The van der Waals surface area contributed by atoms with Crippen molar-refractivity contribution >= 4 is 11.9 Å². The summed E-state index contributed by atoms with van der Waals surface area (Å²) in [4.78, 5) is 13.6. The van der Waals surface area contributed by atoms with Crippen LogP contribution < -0.4 is 10.6 Å². The molecule has 2 aromatic rings. The first kappa shape index (κ1) is 14.0. The lowest BCUT2D eigenvalue weighted by atomic mass is 10.1. The molecule has 0 spiro atoms. The molecule has 1 aromatic heterocycles. The van der Waals surface area contributed by atoms with Crippen LogP contribution in [0.4, 0.5) is 25.1 Å². The number of nitrogen functional groups attached to an aromatic ring is 1. The van der Waals surface area contributed by atoms with E-state index in [9.17, 15) is 13.2 Å². The molecular formula is C12H12F3N5. The van der Waals surface area contributed by atoms with Crippen molar-refractivity contribution in [2.75, 3.05) is 24.7 Å². The van der Waals surface area contributed by atoms with E-state index in [-0.39, 0.29) is 11.8 Å². The first-order valence-electron chi connectivity index (χ1n) is 5.64. The fourth-order valence-electron chi connectivity index (χ4n) is 1.52. The van der Waals surface area contributed by atoms with Crippen molar-refractivity contribution < 1.29 is 13.2 Å². The largest absolute Gasteiger partial charge is 0.416 e. The summed E-state index contributed by atoms with van der Waals surface area (Å²) in [6.45, 7) is 0. The van der Waals surface area contributed by atoms with Crippen molar-refractivity contribution in [1.82, 2.24) is 15.0 Å². The highest BCUT2D eigenvalue weighted by molar-refractivity contribution is 5.58. The molecule has 2 rings (SSSR count). The van der Waals surface area contributed by atoms with Crippen LogP contribution in [0.25, 0.3) is 11.4 Å². The van der Waals surface area contributed by atoms with E-state index in [1.807, 2.05) is 0 Å². The summed E-state index contributed by atoms with van der Waals surface area (Å²) in [5.74, 6) is 0.584. The van der Waals surface area contributed by atoms with Crippen LogP contribution in [0.15, 0.2) is 24.3 Å². The van der Waals surface area contributed by atoms with E-state index in [1.165, 1.54) is 12.1 Å². The molecule has 0 radical (unpaired) electrons. The van der Waals surface area contributed by atoms with Crippen LogP contribution in [0.1, 0.15) is 5.56 Å². The standard InChI is InChI=1S/C12H12F3N5/c1-20(2)11-18-9(17-10(16)19-11)7-3-5-8(6-4-7)12(13,14)15/h3-6H,1-2H3,(H2,16,17,18,19). The minimum absolute atomic E-state index is 0.0126. The molecule has 0 aliphatic rings. The average molecular weight is 283 g/mol. The Balaban J connectivity index is 2.41. The summed E-state index contributed by atoms with van der Waals surface area (Å²) in [5.41, 5.74) is 5.28. The Kier molecular flexibility index (Phi) is 3.47. The normalized spacial score (nSPS) is 11.4. The molecule has 20 heavy (non-hydrogen) atoms. The molecule has 106 valence electrons. The lowest BCUT2D eigenvalue weighted by Crippen LogP contribution is -2.15. The maximum atomic E-state index is 12.5. The maximum Gasteiger partial charge on any atom is 0.416 e. The molecule has 0 atom stereocenters. The molecular weight excluding hydrogens is 271 g/mol. The summed E-state index contributed by atoms with van der Waals surface area (Å²) >= 11 is 0. The van der Waals surface area contributed by atoms with Crippen LogP contribution in [0.2, 0.25) is 0 Å². The van der Waals surface area contributed by atoms with Gasteiger partial charge in [0.05, 0.1) is 5.56 Å². The van der Waals surface area contributed by atoms with Gasteiger partial charge in [0, 0.05) is 19.7 Å². The average Bonchev–Trinajstić information content (AvgIpc) is 2.37. The monoisotopic (exact) mass is 283 g/mol. The van der Waals surface area contributed by atoms with Gasteiger partial charge in [-0.3, -0.25) is 0 Å². The van der Waals surface area contributed by atoms with Crippen LogP contribution in [-0.4, -0.2) is 29.0 Å². The van der Waals surface area contributed by atoms with Crippen LogP contribution in [0.3, 0.4) is 0 Å². The van der Waals surface area contributed by atoms with Crippen LogP contribution in [0.5, 0.6) is 0 Å². The summed E-state index contributed by atoms with van der Waals surface area (Å²) in [5, 5.41) is 0. The minimum Gasteiger partial charge on any atom is -0.368 e. The van der Waals surface area contributed by atoms with Gasteiger partial charge >= 0.3 is 6.18 Å². The van der Waals surface area contributed by atoms with E-state index in [0.29, 0.717) is 11.5 Å². The van der Waals surface area contributed by atoms with Gasteiger partial charge in [0.15, 0.2) is 5.82 Å². The molecule has 0 amide bonds. The third-order valence-electron chi connectivity index (χ3n) is 2.51. The second kappa shape index (κ2) is 4.95. The Labute approximate surface area is 113 Å². The van der Waals surface area contributed by atoms with Crippen LogP contribution in [0, 0.1) is 0 Å². The Morgan fingerprint density at radius 1 is 1.00 bits per heavy atom. The molecule has 0 aliphatic carbocycles. The number of hydrogen-bond donors (Lipinski definition) is 1. The second-order valence-corrected chi connectivity index (χ2v) is 4.29. The molecule has 0 saturated heterocycles. The number of nitrogens with two attached hydrogens (primary N) is 1. The SMILES string of the molecule is CN(C)c1nc(N)nc(-c2ccc(C(F)(F)F)cc2)n1. The van der Waals surface area contributed by atoms with Gasteiger partial charge in [-0.1, -0.05) is 12.1 Å². The summed E-state index contributed by atoms with van der Waals surface area (Å²) in [7, 11) is 3.45. The van der Waals surface area contributed by atoms with Gasteiger partial charge in [0.1, 0.15) is 0 Å². The Bertz CT molecular complexity index is 607. The number of aromatic nitrogens is 3. The fourth-order valence-corrected chi connectivity index (χ4v) is 1.52. The first-order chi connectivity index (χ1) is 9.27. The molecule has 0 fully saturated rings. The Morgan fingerprint density at radius 2 is 1.60 bits per heavy atom. The van der Waals surface area contributed by atoms with Crippen molar-refractivity contribution in [3.05, 3.63) is 29.8 Å². The van der Waals surface area contributed by atoms with Crippen molar-refractivity contribution in [3.63, 3.8) is 0 Å². The second-order valence-electron chi connectivity index (χ2n) is 4.29. The fraction of sp³-hybridized carbons (Fsp3) is 0.250. The third kappa shape index (κ3) is 2.95. The summed E-state index contributed by atoms with van der Waals surface area (Å²) in [6, 6.07) is 4.56. The molecule has 0 bridgehead atoms. The van der Waals surface area contributed by atoms with Gasteiger partial charge in [0.25, 0.3) is 0 Å². The molecule has 0 aliphatic heterocycles. The minimum atomic E-state index is -4.37. The van der Waals surface area contributed by atoms with Gasteiger partial charge in [-0.2, -0.15) is 28.1 Å². The molecule has 0 saturated carbocycles. The van der Waals surface area contributed by atoms with Gasteiger partial charge < -0.3 is 10.6 Å². The predicted octanol–water partition coefficient (Wildman–Crippen LogP) is 2.21. The highest BCUT2D eigenvalue weighted by atomic mass is 19.4. The third-order valence-corrected chi connectivity index (χ3v) is 2.51. The quantitative estimate of drug-likeness (QED) is 0.915. The topological polar surface area (TPSA) is 67.9 Å². The van der Waals surface area contributed by atoms with Gasteiger partial charge in [0.2, 0.25) is 11.9 Å². The maximum absolute atomic E-state index is 12.5. The van der Waals surface area contributed by atoms with Gasteiger partial charge in [-0.25, -0.2) is 0 Å². The zero-order valence-electron chi connectivity index (χ0n) is 10.8. The van der Waals surface area contributed by atoms with Crippen LogP contribution in [-0.2, 0) is 6.18 Å². The number of nitrogens with zero attached hydrogens (tertiary/aromatic N) is 4. The van der Waals surface area contributed by atoms with Crippen molar-refractivity contribution in [2.24, 2.45) is 0 Å². The number of alkyl halides is 3. The number of hydrogen-bond acceptors (Lipinski definition) is 5. The molecule has 0 unspecified atom stereocenters. The number of benzene rings is 1. The van der Waals surface area contributed by atoms with Crippen molar-refractivity contribution in [3.8, 4) is 11.4 Å².